The van der Waals surface area contributed by atoms with Crippen molar-refractivity contribution < 1.29 is 4.79 Å². The minimum absolute atomic E-state index is 0.103. The first-order valence-corrected chi connectivity index (χ1v) is 12.7. The van der Waals surface area contributed by atoms with Crippen LogP contribution in [-0.2, 0) is 17.8 Å². The molecule has 4 aromatic rings. The molecular weight excluding hydrogens is 450 g/mol. The van der Waals surface area contributed by atoms with E-state index in [1.54, 1.807) is 0 Å². The summed E-state index contributed by atoms with van der Waals surface area (Å²) >= 11 is 2.84. The molecule has 2 heterocycles. The Morgan fingerprint density at radius 1 is 1.09 bits per heavy atom. The third-order valence-corrected chi connectivity index (χ3v) is 7.06. The van der Waals surface area contributed by atoms with E-state index in [2.05, 4.69) is 77.0 Å². The summed E-state index contributed by atoms with van der Waals surface area (Å²) in [4.78, 5) is 17.2. The molecule has 1 N–H and O–H groups in total. The molecule has 0 saturated heterocycles. The molecule has 0 radical (unpaired) electrons. The van der Waals surface area contributed by atoms with Crippen LogP contribution in [0.2, 0.25) is 0 Å². The van der Waals surface area contributed by atoms with Crippen molar-refractivity contribution >= 4 is 34.1 Å². The van der Waals surface area contributed by atoms with Crippen LogP contribution in [0.15, 0.2) is 53.0 Å². The van der Waals surface area contributed by atoms with Gasteiger partial charge in [0.1, 0.15) is 5.82 Å². The van der Waals surface area contributed by atoms with Crippen LogP contribution in [0.5, 0.6) is 0 Å². The Kier molecular flexibility index (Phi) is 7.25. The van der Waals surface area contributed by atoms with Gasteiger partial charge in [-0.1, -0.05) is 59.8 Å². The number of benzene rings is 2. The number of thioether (sulfide) groups is 1. The van der Waals surface area contributed by atoms with E-state index in [1.165, 1.54) is 45.4 Å². The van der Waals surface area contributed by atoms with Crippen molar-refractivity contribution in [3.63, 3.8) is 0 Å². The van der Waals surface area contributed by atoms with Gasteiger partial charge in [0, 0.05) is 23.9 Å². The number of anilines is 1. The van der Waals surface area contributed by atoms with Crippen molar-refractivity contribution in [3.8, 4) is 11.3 Å². The third-order valence-electron chi connectivity index (χ3n) is 5.33. The maximum Gasteiger partial charge on any atom is 0.236 e. The average molecular weight is 478 g/mol. The predicted octanol–water partition coefficient (Wildman–Crippen LogP) is 5.67. The highest BCUT2D eigenvalue weighted by Crippen LogP contribution is 2.31. The molecule has 1 amide bonds. The lowest BCUT2D eigenvalue weighted by molar-refractivity contribution is -0.113. The number of amides is 1. The SMILES string of the molecule is CCn1c(Cc2ccccc2)nnc1SCC(=O)Nc1nc(-c2c(C)cc(C)cc2C)cs1. The maximum atomic E-state index is 12.6. The van der Waals surface area contributed by atoms with Gasteiger partial charge in [0.05, 0.1) is 11.4 Å². The molecule has 2 aromatic heterocycles. The quantitative estimate of drug-likeness (QED) is 0.331. The smallest absolute Gasteiger partial charge is 0.236 e. The summed E-state index contributed by atoms with van der Waals surface area (Å²) in [6, 6.07) is 14.5. The molecule has 2 aromatic carbocycles. The van der Waals surface area contributed by atoms with Crippen molar-refractivity contribution in [1.82, 2.24) is 19.7 Å². The Morgan fingerprint density at radius 2 is 1.82 bits per heavy atom. The lowest BCUT2D eigenvalue weighted by atomic mass is 9.98. The summed E-state index contributed by atoms with van der Waals surface area (Å²) in [6.45, 7) is 9.11. The molecule has 0 aliphatic rings. The number of aromatic nitrogens is 4. The van der Waals surface area contributed by atoms with Gasteiger partial charge in [0.15, 0.2) is 10.3 Å². The van der Waals surface area contributed by atoms with Crippen LogP contribution in [0.1, 0.15) is 35.0 Å². The highest BCUT2D eigenvalue weighted by atomic mass is 32.2. The summed E-state index contributed by atoms with van der Waals surface area (Å²) in [6.07, 6.45) is 0.716. The summed E-state index contributed by atoms with van der Waals surface area (Å²) < 4.78 is 2.06. The van der Waals surface area contributed by atoms with Gasteiger partial charge in [-0.25, -0.2) is 4.98 Å². The Balaban J connectivity index is 1.39. The van der Waals surface area contributed by atoms with Gasteiger partial charge in [0.2, 0.25) is 5.91 Å². The van der Waals surface area contributed by atoms with E-state index in [1.807, 2.05) is 23.6 Å². The van der Waals surface area contributed by atoms with E-state index in [0.29, 0.717) is 11.6 Å². The average Bonchev–Trinajstić information content (AvgIpc) is 3.39. The molecule has 8 heteroatoms. The van der Waals surface area contributed by atoms with Gasteiger partial charge in [-0.3, -0.25) is 4.79 Å². The number of carbonyl (C=O) groups is 1. The second-order valence-corrected chi connectivity index (χ2v) is 9.75. The van der Waals surface area contributed by atoms with Gasteiger partial charge >= 0.3 is 0 Å². The Hall–Kier alpha value is -2.97. The first kappa shape index (κ1) is 23.2. The first-order chi connectivity index (χ1) is 15.9. The largest absolute Gasteiger partial charge is 0.306 e. The fourth-order valence-corrected chi connectivity index (χ4v) is 5.51. The molecule has 0 unspecified atom stereocenters. The number of aryl methyl sites for hydroxylation is 3. The maximum absolute atomic E-state index is 12.6. The van der Waals surface area contributed by atoms with Crippen molar-refractivity contribution in [1.29, 1.82) is 0 Å². The van der Waals surface area contributed by atoms with Gasteiger partial charge in [-0.05, 0) is 44.4 Å². The number of hydrogen-bond acceptors (Lipinski definition) is 6. The van der Waals surface area contributed by atoms with Crippen LogP contribution < -0.4 is 5.32 Å². The molecule has 0 spiro atoms. The van der Waals surface area contributed by atoms with Crippen LogP contribution in [0.4, 0.5) is 5.13 Å². The van der Waals surface area contributed by atoms with Crippen molar-refractivity contribution in [2.45, 2.75) is 45.8 Å². The van der Waals surface area contributed by atoms with Crippen LogP contribution in [0.3, 0.4) is 0 Å². The zero-order valence-electron chi connectivity index (χ0n) is 19.3. The van der Waals surface area contributed by atoms with Crippen molar-refractivity contribution in [2.24, 2.45) is 0 Å². The second-order valence-electron chi connectivity index (χ2n) is 7.95. The van der Waals surface area contributed by atoms with Gasteiger partial charge < -0.3 is 9.88 Å². The zero-order valence-corrected chi connectivity index (χ0v) is 20.9. The van der Waals surface area contributed by atoms with Gasteiger partial charge in [-0.15, -0.1) is 21.5 Å². The molecule has 0 saturated carbocycles. The first-order valence-electron chi connectivity index (χ1n) is 10.9. The highest BCUT2D eigenvalue weighted by molar-refractivity contribution is 7.99. The van der Waals surface area contributed by atoms with Crippen LogP contribution in [-0.4, -0.2) is 31.4 Å². The number of thiazole rings is 1. The molecule has 0 aliphatic heterocycles. The van der Waals surface area contributed by atoms with Crippen molar-refractivity contribution in [3.05, 3.63) is 75.9 Å². The van der Waals surface area contributed by atoms with E-state index in [4.69, 9.17) is 0 Å². The second kappa shape index (κ2) is 10.3. The summed E-state index contributed by atoms with van der Waals surface area (Å²) in [7, 11) is 0. The minimum Gasteiger partial charge on any atom is -0.306 e. The highest BCUT2D eigenvalue weighted by Gasteiger charge is 2.15. The molecule has 33 heavy (non-hydrogen) atoms. The Labute approximate surface area is 202 Å². The fraction of sp³-hybridized carbons (Fsp3) is 0.280. The molecule has 4 rings (SSSR count). The van der Waals surface area contributed by atoms with E-state index in [0.717, 1.165) is 28.8 Å². The van der Waals surface area contributed by atoms with Crippen LogP contribution in [0.25, 0.3) is 11.3 Å². The number of nitrogens with one attached hydrogen (secondary N) is 1. The van der Waals surface area contributed by atoms with Crippen LogP contribution >= 0.6 is 23.1 Å². The van der Waals surface area contributed by atoms with Crippen molar-refractivity contribution in [2.75, 3.05) is 11.1 Å². The molecule has 170 valence electrons. The monoisotopic (exact) mass is 477 g/mol. The van der Waals surface area contributed by atoms with E-state index < -0.39 is 0 Å². The van der Waals surface area contributed by atoms with Gasteiger partial charge in [-0.2, -0.15) is 0 Å². The van der Waals surface area contributed by atoms with E-state index >= 15 is 0 Å². The molecule has 0 fully saturated rings. The number of hydrogen-bond donors (Lipinski definition) is 1. The summed E-state index contributed by atoms with van der Waals surface area (Å²) in [5.74, 6) is 1.05. The molecule has 6 nitrogen and oxygen atoms in total. The fourth-order valence-electron chi connectivity index (χ4n) is 3.97. The summed E-state index contributed by atoms with van der Waals surface area (Å²) in [5.41, 5.74) is 6.84. The standard InChI is InChI=1S/C25H27N5OS2/c1-5-30-21(13-19-9-7-6-8-10-19)28-29-25(30)33-15-22(31)27-24-26-20(14-32-24)23-17(3)11-16(2)12-18(23)4/h6-12,14H,5,13,15H2,1-4H3,(H,26,27,31). The molecule has 0 bridgehead atoms. The zero-order chi connectivity index (χ0) is 23.4. The number of nitrogens with zero attached hydrogens (tertiary/aromatic N) is 4. The predicted molar refractivity (Wildman–Crippen MR) is 136 cm³/mol. The molecule has 0 atom stereocenters. The molecule has 0 aliphatic carbocycles. The Morgan fingerprint density at radius 3 is 2.52 bits per heavy atom. The van der Waals surface area contributed by atoms with E-state index in [-0.39, 0.29) is 11.7 Å². The summed E-state index contributed by atoms with van der Waals surface area (Å²) in [5, 5.41) is 15.0. The number of rotatable bonds is 8. The topological polar surface area (TPSA) is 72.7 Å². The van der Waals surface area contributed by atoms with E-state index in [9.17, 15) is 4.79 Å². The Bertz CT molecular complexity index is 1240. The minimum atomic E-state index is -0.103. The number of carbonyl (C=O) groups excluding carboxylic acids is 1. The van der Waals surface area contributed by atoms with Gasteiger partial charge in [0.25, 0.3) is 0 Å². The molecular formula is C25H27N5OS2. The lowest BCUT2D eigenvalue weighted by Gasteiger charge is -2.09. The van der Waals surface area contributed by atoms with Crippen LogP contribution in [0, 0.1) is 20.8 Å². The lowest BCUT2D eigenvalue weighted by Crippen LogP contribution is -2.14. The third kappa shape index (κ3) is 5.51. The normalized spacial score (nSPS) is 11.0.